The Labute approximate surface area is 193 Å². The number of hydrogen-bond acceptors (Lipinski definition) is 5. The highest BCUT2D eigenvalue weighted by Crippen LogP contribution is 2.32. The van der Waals surface area contributed by atoms with Crippen molar-refractivity contribution >= 4 is 20.3 Å². The Morgan fingerprint density at radius 2 is 1.82 bits per heavy atom. The van der Waals surface area contributed by atoms with E-state index in [9.17, 15) is 22.8 Å². The summed E-state index contributed by atoms with van der Waals surface area (Å²) in [7, 11) is -1.39. The Morgan fingerprint density at radius 3 is 2.39 bits per heavy atom. The molecule has 0 spiro atoms. The molecule has 0 aliphatic carbocycles. The van der Waals surface area contributed by atoms with Gasteiger partial charge in [-0.2, -0.15) is 0 Å². The van der Waals surface area contributed by atoms with Crippen molar-refractivity contribution in [2.45, 2.75) is 70.4 Å². The number of carbonyl (C=O) groups excluding carboxylic acids is 2. The summed E-state index contributed by atoms with van der Waals surface area (Å²) in [6.45, 7) is 12.3. The van der Waals surface area contributed by atoms with Crippen LogP contribution in [0.4, 0.5) is 22.8 Å². The molecule has 1 aromatic rings. The third kappa shape index (κ3) is 9.53. The molecule has 186 valence electrons. The van der Waals surface area contributed by atoms with Gasteiger partial charge in [0.1, 0.15) is 11.4 Å². The number of carbonyl (C=O) groups is 2. The fourth-order valence-electron chi connectivity index (χ4n) is 3.35. The minimum atomic E-state index is -4.82. The average Bonchev–Trinajstić information content (AvgIpc) is 3.02. The highest BCUT2D eigenvalue weighted by molar-refractivity contribution is 6.76. The SMILES string of the molecule is CC(C)(C)OC(=O)N1C[C@@H](NC(=O)OCC[Si](C)(C)C)[C@H](c2cccc(OC(F)(F)F)c2)C1. The highest BCUT2D eigenvalue weighted by Gasteiger charge is 2.39. The molecule has 0 aromatic heterocycles. The van der Waals surface area contributed by atoms with E-state index in [0.717, 1.165) is 6.04 Å². The Kier molecular flexibility index (Phi) is 8.31. The number of amides is 2. The first-order valence-corrected chi connectivity index (χ1v) is 14.5. The average molecular weight is 491 g/mol. The quantitative estimate of drug-likeness (QED) is 0.544. The van der Waals surface area contributed by atoms with E-state index in [4.69, 9.17) is 9.47 Å². The zero-order valence-electron chi connectivity index (χ0n) is 19.9. The second-order valence-corrected chi connectivity index (χ2v) is 15.9. The Hall–Kier alpha value is -2.43. The fraction of sp³-hybridized carbons (Fsp3) is 0.636. The predicted octanol–water partition coefficient (Wildman–Crippen LogP) is 5.35. The fourth-order valence-corrected chi connectivity index (χ4v) is 4.06. The summed E-state index contributed by atoms with van der Waals surface area (Å²) in [6.07, 6.45) is -6.02. The van der Waals surface area contributed by atoms with E-state index in [0.29, 0.717) is 5.56 Å². The molecule has 1 aliphatic heterocycles. The Bertz CT molecular complexity index is 837. The van der Waals surface area contributed by atoms with Crippen molar-refractivity contribution < 1.29 is 37.0 Å². The van der Waals surface area contributed by atoms with Gasteiger partial charge in [0, 0.05) is 27.1 Å². The summed E-state index contributed by atoms with van der Waals surface area (Å²) < 4.78 is 52.8. The van der Waals surface area contributed by atoms with Crippen molar-refractivity contribution in [1.29, 1.82) is 0 Å². The first kappa shape index (κ1) is 26.8. The van der Waals surface area contributed by atoms with Gasteiger partial charge in [-0.25, -0.2) is 9.59 Å². The maximum Gasteiger partial charge on any atom is 0.573 e. The second-order valence-electron chi connectivity index (χ2n) is 10.3. The van der Waals surface area contributed by atoms with Crippen molar-refractivity contribution in [1.82, 2.24) is 10.2 Å². The monoisotopic (exact) mass is 490 g/mol. The van der Waals surface area contributed by atoms with Crippen LogP contribution in [0.1, 0.15) is 32.3 Å². The van der Waals surface area contributed by atoms with Crippen LogP contribution >= 0.6 is 0 Å². The molecule has 2 amide bonds. The molecule has 1 aromatic carbocycles. The van der Waals surface area contributed by atoms with Crippen LogP contribution in [0.2, 0.25) is 25.7 Å². The van der Waals surface area contributed by atoms with Crippen molar-refractivity contribution in [3.05, 3.63) is 29.8 Å². The molecule has 1 saturated heterocycles. The van der Waals surface area contributed by atoms with Crippen molar-refractivity contribution in [3.8, 4) is 5.75 Å². The molecule has 2 rings (SSSR count). The lowest BCUT2D eigenvalue weighted by atomic mass is 9.94. The number of nitrogens with zero attached hydrogens (tertiary/aromatic N) is 1. The summed E-state index contributed by atoms with van der Waals surface area (Å²) >= 11 is 0. The summed E-state index contributed by atoms with van der Waals surface area (Å²) in [6, 6.07) is 5.77. The van der Waals surface area contributed by atoms with Crippen LogP contribution in [0.5, 0.6) is 5.75 Å². The van der Waals surface area contributed by atoms with Crippen LogP contribution < -0.4 is 10.1 Å². The van der Waals surface area contributed by atoms with Crippen LogP contribution in [-0.4, -0.2) is 62.9 Å². The van der Waals surface area contributed by atoms with Crippen LogP contribution in [-0.2, 0) is 9.47 Å². The maximum absolute atomic E-state index is 12.7. The second kappa shape index (κ2) is 10.2. The molecule has 0 unspecified atom stereocenters. The summed E-state index contributed by atoms with van der Waals surface area (Å²) in [5, 5.41) is 2.77. The lowest BCUT2D eigenvalue weighted by Gasteiger charge is -2.24. The Morgan fingerprint density at radius 1 is 1.15 bits per heavy atom. The topological polar surface area (TPSA) is 77.1 Å². The first-order valence-electron chi connectivity index (χ1n) is 10.8. The number of benzene rings is 1. The van der Waals surface area contributed by atoms with Crippen LogP contribution in [0.3, 0.4) is 0 Å². The molecular formula is C22H33F3N2O5Si. The zero-order valence-corrected chi connectivity index (χ0v) is 20.9. The van der Waals surface area contributed by atoms with E-state index in [1.54, 1.807) is 26.8 Å². The van der Waals surface area contributed by atoms with Gasteiger partial charge in [0.15, 0.2) is 0 Å². The molecule has 11 heteroatoms. The van der Waals surface area contributed by atoms with Gasteiger partial charge in [-0.3, -0.25) is 0 Å². The smallest absolute Gasteiger partial charge is 0.450 e. The zero-order chi connectivity index (χ0) is 25.0. The number of nitrogens with one attached hydrogen (secondary N) is 1. The van der Waals surface area contributed by atoms with Gasteiger partial charge in [0.05, 0.1) is 12.6 Å². The minimum absolute atomic E-state index is 0.132. The van der Waals surface area contributed by atoms with Crippen LogP contribution in [0, 0.1) is 0 Å². The number of alkyl carbamates (subject to hydrolysis) is 1. The minimum Gasteiger partial charge on any atom is -0.450 e. The van der Waals surface area contributed by atoms with E-state index in [2.05, 4.69) is 29.7 Å². The molecule has 1 heterocycles. The van der Waals surface area contributed by atoms with E-state index in [1.807, 2.05) is 0 Å². The van der Waals surface area contributed by atoms with Crippen molar-refractivity contribution in [2.75, 3.05) is 19.7 Å². The maximum atomic E-state index is 12.7. The van der Waals surface area contributed by atoms with Gasteiger partial charge < -0.3 is 24.4 Å². The number of likely N-dealkylation sites (tertiary alicyclic amines) is 1. The number of alkyl halides is 3. The van der Waals surface area contributed by atoms with E-state index in [-0.39, 0.29) is 25.4 Å². The summed E-state index contributed by atoms with van der Waals surface area (Å²) in [5.74, 6) is -0.842. The van der Waals surface area contributed by atoms with Gasteiger partial charge in [0.25, 0.3) is 0 Å². The van der Waals surface area contributed by atoms with Crippen LogP contribution in [0.15, 0.2) is 24.3 Å². The molecule has 0 radical (unpaired) electrons. The van der Waals surface area contributed by atoms with E-state index >= 15 is 0 Å². The lowest BCUT2D eigenvalue weighted by Crippen LogP contribution is -2.42. The molecule has 1 fully saturated rings. The molecule has 33 heavy (non-hydrogen) atoms. The standard InChI is InChI=1S/C22H33F3N2O5Si/c1-21(2,3)32-20(29)27-13-17(15-8-7-9-16(12-15)31-22(23,24)25)18(14-27)26-19(28)30-10-11-33(4,5)6/h7-9,12,17-18H,10-11,13-14H2,1-6H3,(H,26,28)/t17-,18+/m0/s1. The number of ether oxygens (including phenoxy) is 3. The summed E-state index contributed by atoms with van der Waals surface area (Å²) in [5.41, 5.74) is -0.218. The Balaban J connectivity index is 2.18. The lowest BCUT2D eigenvalue weighted by molar-refractivity contribution is -0.274. The van der Waals surface area contributed by atoms with E-state index in [1.165, 1.54) is 23.1 Å². The first-order chi connectivity index (χ1) is 15.0. The molecule has 0 saturated carbocycles. The third-order valence-corrected chi connectivity index (χ3v) is 6.58. The largest absolute Gasteiger partial charge is 0.573 e. The van der Waals surface area contributed by atoms with Gasteiger partial charge in [-0.05, 0) is 44.5 Å². The van der Waals surface area contributed by atoms with Gasteiger partial charge in [-0.15, -0.1) is 13.2 Å². The summed E-state index contributed by atoms with van der Waals surface area (Å²) in [4.78, 5) is 26.4. The van der Waals surface area contributed by atoms with E-state index < -0.39 is 44.2 Å². The predicted molar refractivity (Wildman–Crippen MR) is 120 cm³/mol. The molecule has 1 N–H and O–H groups in total. The van der Waals surface area contributed by atoms with Gasteiger partial charge in [0.2, 0.25) is 0 Å². The third-order valence-electron chi connectivity index (χ3n) is 4.88. The molecule has 0 bridgehead atoms. The molecule has 2 atom stereocenters. The normalized spacial score (nSPS) is 19.2. The molecular weight excluding hydrogens is 457 g/mol. The van der Waals surface area contributed by atoms with Crippen molar-refractivity contribution in [2.24, 2.45) is 0 Å². The number of rotatable bonds is 6. The number of hydrogen-bond donors (Lipinski definition) is 1. The highest BCUT2D eigenvalue weighted by atomic mass is 28.3. The number of halogens is 3. The van der Waals surface area contributed by atoms with Gasteiger partial charge >= 0.3 is 18.5 Å². The molecule has 7 nitrogen and oxygen atoms in total. The van der Waals surface area contributed by atoms with Gasteiger partial charge in [-0.1, -0.05) is 31.8 Å². The van der Waals surface area contributed by atoms with Crippen molar-refractivity contribution in [3.63, 3.8) is 0 Å². The van der Waals surface area contributed by atoms with Crippen LogP contribution in [0.25, 0.3) is 0 Å². The molecule has 1 aliphatic rings.